The summed E-state index contributed by atoms with van der Waals surface area (Å²) >= 11 is 0. The molecule has 1 saturated heterocycles. The Kier molecular flexibility index (Phi) is 5.82. The summed E-state index contributed by atoms with van der Waals surface area (Å²) in [5, 5.41) is 0. The average Bonchev–Trinajstić information content (AvgIpc) is 3.21. The number of likely N-dealkylation sites (N-methyl/N-ethyl adjacent to an activating group) is 2. The van der Waals surface area contributed by atoms with Crippen molar-refractivity contribution in [1.29, 1.82) is 0 Å². The number of rotatable bonds is 6. The molecule has 1 saturated carbocycles. The maximum atomic E-state index is 13.6. The number of esters is 1. The molecule has 2 aliphatic heterocycles. The Bertz CT molecular complexity index is 1350. The fraction of sp³-hybridized carbons (Fsp3) is 0.536. The van der Waals surface area contributed by atoms with Gasteiger partial charge in [0.25, 0.3) is 0 Å². The highest BCUT2D eigenvalue weighted by atomic mass is 32.2. The zero-order chi connectivity index (χ0) is 26.1. The van der Waals surface area contributed by atoms with Crippen LogP contribution in [-0.2, 0) is 32.4 Å². The first-order chi connectivity index (χ1) is 17.7. The lowest BCUT2D eigenvalue weighted by molar-refractivity contribution is -0.132. The maximum absolute atomic E-state index is 13.6. The van der Waals surface area contributed by atoms with Crippen LogP contribution in [0.25, 0.3) is 0 Å². The van der Waals surface area contributed by atoms with Gasteiger partial charge in [0, 0.05) is 42.6 Å². The van der Waals surface area contributed by atoms with Gasteiger partial charge in [-0.25, -0.2) is 8.42 Å². The van der Waals surface area contributed by atoms with Crippen LogP contribution in [-0.4, -0.2) is 69.5 Å². The Morgan fingerprint density at radius 2 is 1.97 bits per heavy atom. The van der Waals surface area contributed by atoms with Gasteiger partial charge in [0.1, 0.15) is 11.9 Å². The average molecular weight is 527 g/mol. The van der Waals surface area contributed by atoms with Crippen LogP contribution < -0.4 is 14.2 Å². The largest absolute Gasteiger partial charge is 0.493 e. The zero-order valence-electron chi connectivity index (χ0n) is 21.8. The van der Waals surface area contributed by atoms with Gasteiger partial charge in [0.2, 0.25) is 10.0 Å². The zero-order valence-corrected chi connectivity index (χ0v) is 22.6. The van der Waals surface area contributed by atoms with E-state index in [1.54, 1.807) is 24.5 Å². The molecule has 0 unspecified atom stereocenters. The molecule has 37 heavy (non-hydrogen) atoms. The number of hydrogen-bond acceptors (Lipinski definition) is 7. The van der Waals surface area contributed by atoms with E-state index in [4.69, 9.17) is 14.2 Å². The van der Waals surface area contributed by atoms with Gasteiger partial charge < -0.3 is 19.1 Å². The molecule has 2 aliphatic carbocycles. The van der Waals surface area contributed by atoms with Crippen molar-refractivity contribution >= 4 is 16.0 Å². The van der Waals surface area contributed by atoms with Crippen LogP contribution in [0.2, 0.25) is 0 Å². The molecule has 8 nitrogen and oxygen atoms in total. The van der Waals surface area contributed by atoms with Crippen molar-refractivity contribution < 1.29 is 27.4 Å². The van der Waals surface area contributed by atoms with Crippen LogP contribution in [0.5, 0.6) is 17.2 Å². The fourth-order valence-electron chi connectivity index (χ4n) is 7.61. The summed E-state index contributed by atoms with van der Waals surface area (Å²) in [6.45, 7) is 2.30. The van der Waals surface area contributed by atoms with Gasteiger partial charge in [-0.1, -0.05) is 30.3 Å². The van der Waals surface area contributed by atoms with E-state index in [-0.39, 0.29) is 35.3 Å². The summed E-state index contributed by atoms with van der Waals surface area (Å²) in [6, 6.07) is 11.0. The molecule has 2 heterocycles. The van der Waals surface area contributed by atoms with E-state index in [9.17, 15) is 13.2 Å². The lowest BCUT2D eigenvalue weighted by Gasteiger charge is -2.59. The summed E-state index contributed by atoms with van der Waals surface area (Å²) in [6.07, 6.45) is 2.91. The van der Waals surface area contributed by atoms with Crippen molar-refractivity contribution in [3.63, 3.8) is 0 Å². The fourth-order valence-corrected chi connectivity index (χ4v) is 9.06. The lowest BCUT2D eigenvalue weighted by atomic mass is 9.51. The minimum atomic E-state index is -3.59. The molecule has 0 radical (unpaired) electrons. The van der Waals surface area contributed by atoms with E-state index >= 15 is 0 Å². The molecule has 0 amide bonds. The summed E-state index contributed by atoms with van der Waals surface area (Å²) in [5.41, 5.74) is 2.48. The van der Waals surface area contributed by atoms with Crippen molar-refractivity contribution in [3.05, 3.63) is 53.1 Å². The number of sulfonamides is 1. The number of ether oxygens (including phenoxy) is 3. The monoisotopic (exact) mass is 526 g/mol. The second kappa shape index (κ2) is 8.71. The highest BCUT2D eigenvalue weighted by molar-refractivity contribution is 7.88. The molecule has 6 rings (SSSR count). The molecule has 0 N–H and O–H groups in total. The van der Waals surface area contributed by atoms with Gasteiger partial charge >= 0.3 is 5.97 Å². The maximum Gasteiger partial charge on any atom is 0.308 e. The molecule has 0 aromatic heterocycles. The number of likely N-dealkylation sites (tertiary alicyclic amines) is 1. The lowest BCUT2D eigenvalue weighted by Crippen LogP contribution is -2.68. The van der Waals surface area contributed by atoms with Crippen molar-refractivity contribution in [2.24, 2.45) is 5.92 Å². The van der Waals surface area contributed by atoms with Gasteiger partial charge in [0.05, 0.1) is 18.9 Å². The normalized spacial score (nSPS) is 30.0. The van der Waals surface area contributed by atoms with Crippen LogP contribution in [0.1, 0.15) is 42.9 Å². The Hall–Kier alpha value is -2.62. The molecule has 198 valence electrons. The van der Waals surface area contributed by atoms with Gasteiger partial charge in [-0.2, -0.15) is 4.31 Å². The van der Waals surface area contributed by atoms with Crippen LogP contribution in [0.4, 0.5) is 0 Å². The number of hydrogen-bond donors (Lipinski definition) is 0. The van der Waals surface area contributed by atoms with Crippen LogP contribution >= 0.6 is 0 Å². The second-order valence-corrected chi connectivity index (χ2v) is 13.0. The third kappa shape index (κ3) is 3.61. The summed E-state index contributed by atoms with van der Waals surface area (Å²) in [4.78, 5) is 14.4. The minimum Gasteiger partial charge on any atom is -0.493 e. The number of benzene rings is 2. The molecule has 5 atom stereocenters. The smallest absolute Gasteiger partial charge is 0.308 e. The van der Waals surface area contributed by atoms with Crippen molar-refractivity contribution in [2.75, 3.05) is 27.7 Å². The van der Waals surface area contributed by atoms with Gasteiger partial charge in [0.15, 0.2) is 11.5 Å². The van der Waals surface area contributed by atoms with Crippen molar-refractivity contribution in [1.82, 2.24) is 9.21 Å². The molecular weight excluding hydrogens is 492 g/mol. The summed E-state index contributed by atoms with van der Waals surface area (Å²) in [7, 11) is 1.86. The van der Waals surface area contributed by atoms with Gasteiger partial charge in [-0.15, -0.1) is 0 Å². The van der Waals surface area contributed by atoms with E-state index in [2.05, 4.69) is 11.9 Å². The summed E-state index contributed by atoms with van der Waals surface area (Å²) in [5.74, 6) is 1.64. The SMILES string of the molecule is COc1cc(OC(C)=O)c2c3c1O[C@H]1[C@@H](N(C)S(=O)(=O)Cc4ccccc4)CC[C@H]4[C@@H](C2)N(C)CC[C@@]341. The molecule has 4 aliphatic rings. The van der Waals surface area contributed by atoms with E-state index in [0.29, 0.717) is 23.2 Å². The number of carbonyl (C=O) groups excluding carboxylic acids is 1. The molecule has 1 spiro atoms. The second-order valence-electron chi connectivity index (χ2n) is 10.9. The Morgan fingerprint density at radius 3 is 2.68 bits per heavy atom. The number of nitrogens with zero attached hydrogens (tertiary/aromatic N) is 2. The Balaban J connectivity index is 1.46. The number of methoxy groups -OCH3 is 1. The molecule has 2 fully saturated rings. The van der Waals surface area contributed by atoms with Crippen LogP contribution in [0.3, 0.4) is 0 Å². The van der Waals surface area contributed by atoms with E-state index in [0.717, 1.165) is 48.9 Å². The van der Waals surface area contributed by atoms with E-state index < -0.39 is 10.0 Å². The first kappa shape index (κ1) is 24.7. The quantitative estimate of drug-likeness (QED) is 0.422. The first-order valence-corrected chi connectivity index (χ1v) is 14.6. The van der Waals surface area contributed by atoms with Crippen LogP contribution in [0, 0.1) is 5.92 Å². The van der Waals surface area contributed by atoms with E-state index in [1.807, 2.05) is 30.3 Å². The highest BCUT2D eigenvalue weighted by Crippen LogP contribution is 2.65. The van der Waals surface area contributed by atoms with Crippen LogP contribution in [0.15, 0.2) is 36.4 Å². The molecule has 9 heteroatoms. The van der Waals surface area contributed by atoms with E-state index in [1.165, 1.54) is 6.92 Å². The standard InChI is InChI=1S/C28H34N2O6S/c1-17(31)35-23-15-24(34-4)26-25-19(23)14-22-20-10-11-21(27(36-26)28(20,25)12-13-29(22)2)30(3)37(32,33)16-18-8-6-5-7-9-18/h5-9,15,20-22,27H,10-14,16H2,1-4H3/t20-,21-,22+,27-,28-/m0/s1. The number of carbonyl (C=O) groups is 1. The first-order valence-electron chi connectivity index (χ1n) is 13.0. The topological polar surface area (TPSA) is 85.4 Å². The number of piperidine rings is 1. The van der Waals surface area contributed by atoms with Crippen molar-refractivity contribution in [2.45, 2.75) is 62.0 Å². The summed E-state index contributed by atoms with van der Waals surface area (Å²) < 4.78 is 47.0. The Morgan fingerprint density at radius 1 is 1.22 bits per heavy atom. The highest BCUT2D eigenvalue weighted by Gasteiger charge is 2.67. The van der Waals surface area contributed by atoms with Gasteiger partial charge in [-0.3, -0.25) is 4.79 Å². The Labute approximate surface area is 218 Å². The third-order valence-corrected chi connectivity index (χ3v) is 11.1. The van der Waals surface area contributed by atoms with Gasteiger partial charge in [-0.05, 0) is 50.8 Å². The predicted octanol–water partition coefficient (Wildman–Crippen LogP) is 3.12. The third-order valence-electron chi connectivity index (χ3n) is 9.21. The molecule has 2 aromatic carbocycles. The van der Waals surface area contributed by atoms with Crippen molar-refractivity contribution in [3.8, 4) is 17.2 Å². The molecule has 2 bridgehead atoms. The predicted molar refractivity (Wildman–Crippen MR) is 138 cm³/mol. The minimum absolute atomic E-state index is 0.0481. The molecular formula is C28H34N2O6S. The molecule has 2 aromatic rings.